The summed E-state index contributed by atoms with van der Waals surface area (Å²) < 4.78 is 14.6. The van der Waals surface area contributed by atoms with E-state index in [9.17, 15) is 4.39 Å². The van der Waals surface area contributed by atoms with Crippen molar-refractivity contribution in [3.05, 3.63) is 33.1 Å². The van der Waals surface area contributed by atoms with Crippen molar-refractivity contribution in [1.29, 1.82) is 0 Å². The van der Waals surface area contributed by atoms with Crippen LogP contribution in [0, 0.1) is 21.2 Å². The van der Waals surface area contributed by atoms with Crippen LogP contribution in [0.4, 0.5) is 4.39 Å². The molecule has 2 fully saturated rings. The van der Waals surface area contributed by atoms with Crippen LogP contribution in [0.2, 0.25) is 18.1 Å². The van der Waals surface area contributed by atoms with Gasteiger partial charge in [-0.1, -0.05) is 63.2 Å². The average molecular weight is 473 g/mol. The van der Waals surface area contributed by atoms with E-state index in [1.54, 1.807) is 37.0 Å². The lowest BCUT2D eigenvalue weighted by Gasteiger charge is -2.32. The largest absolute Gasteiger partial charge is 0.206 e. The lowest BCUT2D eigenvalue weighted by atomic mass is 9.76. The van der Waals surface area contributed by atoms with E-state index in [-0.39, 0.29) is 14.6 Å². The molecule has 1 aromatic carbocycles. The zero-order valence-corrected chi connectivity index (χ0v) is 19.1. The number of hydrogen-bond acceptors (Lipinski definition) is 0. The first-order chi connectivity index (χ1) is 12.2. The molecule has 1 aromatic rings. The molecule has 0 radical (unpaired) electrons. The van der Waals surface area contributed by atoms with Gasteiger partial charge in [-0.05, 0) is 83.7 Å². The molecule has 0 unspecified atom stereocenters. The summed E-state index contributed by atoms with van der Waals surface area (Å²) in [5, 5.41) is 0. The Morgan fingerprint density at radius 2 is 1.64 bits per heavy atom. The summed E-state index contributed by atoms with van der Waals surface area (Å²) in [6.07, 6.45) is 12.7. The Balaban J connectivity index is 1.37. The lowest BCUT2D eigenvalue weighted by molar-refractivity contribution is 0.280. The normalized spacial score (nSPS) is 30.4. The second-order valence-corrected chi connectivity index (χ2v) is 13.3. The third-order valence-electron chi connectivity index (χ3n) is 6.91. The van der Waals surface area contributed by atoms with Gasteiger partial charge in [0.05, 0.1) is 0 Å². The molecule has 3 heteroatoms. The Morgan fingerprint density at radius 1 is 1.00 bits per heavy atom. The van der Waals surface area contributed by atoms with Crippen LogP contribution < -0.4 is 0 Å². The quantitative estimate of drug-likeness (QED) is 0.297. The van der Waals surface area contributed by atoms with E-state index in [4.69, 9.17) is 0 Å². The summed E-state index contributed by atoms with van der Waals surface area (Å²) in [6.45, 7) is 2.36. The highest BCUT2D eigenvalue weighted by molar-refractivity contribution is 14.1. The highest BCUT2D eigenvalue weighted by Gasteiger charge is 2.25. The maximum absolute atomic E-state index is 13.8. The number of rotatable bonds is 6. The van der Waals surface area contributed by atoms with Crippen molar-refractivity contribution < 1.29 is 4.39 Å². The van der Waals surface area contributed by atoms with Gasteiger partial charge in [0.25, 0.3) is 0 Å². The summed E-state index contributed by atoms with van der Waals surface area (Å²) in [7, 11) is -0.306. The molecule has 0 atom stereocenters. The first-order valence-corrected chi connectivity index (χ1v) is 14.1. The van der Waals surface area contributed by atoms with E-state index < -0.39 is 0 Å². The van der Waals surface area contributed by atoms with Crippen LogP contribution >= 0.6 is 22.6 Å². The summed E-state index contributed by atoms with van der Waals surface area (Å²) in [5.41, 5.74) is 1.23. The van der Waals surface area contributed by atoms with Gasteiger partial charge in [-0.25, -0.2) is 4.39 Å². The fourth-order valence-electron chi connectivity index (χ4n) is 5.24. The first-order valence-electron chi connectivity index (χ1n) is 10.6. The van der Waals surface area contributed by atoms with Crippen LogP contribution in [0.1, 0.15) is 76.2 Å². The van der Waals surface area contributed by atoms with Crippen LogP contribution in [0.3, 0.4) is 0 Å². The summed E-state index contributed by atoms with van der Waals surface area (Å²) in [4.78, 5) is 0. The highest BCUT2D eigenvalue weighted by atomic mass is 127. The molecule has 0 amide bonds. The molecular formula is C22H34FISi. The van der Waals surface area contributed by atoms with Crippen molar-refractivity contribution in [2.24, 2.45) is 11.8 Å². The molecule has 0 aromatic heterocycles. The molecular weight excluding hydrogens is 438 g/mol. The van der Waals surface area contributed by atoms with Crippen molar-refractivity contribution in [2.75, 3.05) is 0 Å². The Labute approximate surface area is 169 Å². The van der Waals surface area contributed by atoms with E-state index >= 15 is 0 Å². The van der Waals surface area contributed by atoms with Crippen molar-refractivity contribution in [3.63, 3.8) is 0 Å². The second-order valence-electron chi connectivity index (χ2n) is 8.64. The van der Waals surface area contributed by atoms with Gasteiger partial charge in [0.2, 0.25) is 0 Å². The average Bonchev–Trinajstić information content (AvgIpc) is 2.64. The number of halogens is 2. The van der Waals surface area contributed by atoms with Crippen LogP contribution in [0.15, 0.2) is 18.2 Å². The molecule has 140 valence electrons. The van der Waals surface area contributed by atoms with Gasteiger partial charge >= 0.3 is 0 Å². The molecule has 0 bridgehead atoms. The van der Waals surface area contributed by atoms with Crippen LogP contribution in [0.5, 0.6) is 0 Å². The van der Waals surface area contributed by atoms with E-state index in [1.165, 1.54) is 50.5 Å². The SMILES string of the molecule is CCC[Si@H]1CC[C@H](CC[C@H]2CC[C@H](c3ccc(I)c(F)c3)CC2)CC1. The zero-order chi connectivity index (χ0) is 17.6. The molecule has 3 rings (SSSR count). The first kappa shape index (κ1) is 19.8. The Hall–Kier alpha value is 0.0969. The van der Waals surface area contributed by atoms with Crippen molar-refractivity contribution in [2.45, 2.75) is 88.8 Å². The van der Waals surface area contributed by atoms with Crippen molar-refractivity contribution >= 4 is 31.4 Å². The van der Waals surface area contributed by atoms with Crippen molar-refractivity contribution in [1.82, 2.24) is 0 Å². The molecule has 0 nitrogen and oxygen atoms in total. The predicted octanol–water partition coefficient (Wildman–Crippen LogP) is 7.53. The molecule has 0 N–H and O–H groups in total. The molecule has 1 saturated carbocycles. The van der Waals surface area contributed by atoms with Crippen LogP contribution in [-0.2, 0) is 0 Å². The number of hydrogen-bond donors (Lipinski definition) is 0. The Morgan fingerprint density at radius 3 is 2.24 bits per heavy atom. The summed E-state index contributed by atoms with van der Waals surface area (Å²) in [5.74, 6) is 2.54. The van der Waals surface area contributed by atoms with E-state index in [1.807, 2.05) is 6.07 Å². The molecule has 0 spiro atoms. The van der Waals surface area contributed by atoms with Gasteiger partial charge in [0.1, 0.15) is 5.82 Å². The van der Waals surface area contributed by atoms with E-state index in [0.29, 0.717) is 5.92 Å². The van der Waals surface area contributed by atoms with Crippen molar-refractivity contribution in [3.8, 4) is 0 Å². The van der Waals surface area contributed by atoms with Gasteiger partial charge < -0.3 is 0 Å². The molecule has 25 heavy (non-hydrogen) atoms. The molecule has 2 aliphatic rings. The predicted molar refractivity (Wildman–Crippen MR) is 118 cm³/mol. The van der Waals surface area contributed by atoms with E-state index in [0.717, 1.165) is 15.4 Å². The maximum atomic E-state index is 13.8. The lowest BCUT2D eigenvalue weighted by Crippen LogP contribution is -2.22. The Bertz CT molecular complexity index is 531. The van der Waals surface area contributed by atoms with Crippen LogP contribution in [0.25, 0.3) is 0 Å². The molecule has 1 aliphatic carbocycles. The standard InChI is InChI=1S/C22H34FISi/c1-2-13-25-14-11-18(12-15-25)4-3-17-5-7-19(8-6-17)20-9-10-22(24)21(23)16-20/h9-10,16-19,25H,2-8,11-15H2,1H3/t17-,18-,19-,25-. The minimum atomic E-state index is -0.306. The second kappa shape index (κ2) is 9.87. The van der Waals surface area contributed by atoms with Gasteiger partial charge in [0.15, 0.2) is 0 Å². The zero-order valence-electron chi connectivity index (χ0n) is 15.8. The third-order valence-corrected chi connectivity index (χ3v) is 11.5. The summed E-state index contributed by atoms with van der Waals surface area (Å²) >= 11 is 2.08. The minimum absolute atomic E-state index is 0.0394. The topological polar surface area (TPSA) is 0 Å². The molecule has 1 saturated heterocycles. The fourth-order valence-corrected chi connectivity index (χ4v) is 9.14. The molecule has 1 aliphatic heterocycles. The monoisotopic (exact) mass is 472 g/mol. The summed E-state index contributed by atoms with van der Waals surface area (Å²) in [6, 6.07) is 10.7. The van der Waals surface area contributed by atoms with Gasteiger partial charge in [0, 0.05) is 12.4 Å². The van der Waals surface area contributed by atoms with Gasteiger partial charge in [-0.3, -0.25) is 0 Å². The maximum Gasteiger partial charge on any atom is 0.136 e. The fraction of sp³-hybridized carbons (Fsp3) is 0.727. The third kappa shape index (κ3) is 5.79. The van der Waals surface area contributed by atoms with E-state index in [2.05, 4.69) is 35.6 Å². The Kier molecular flexibility index (Phi) is 7.83. The van der Waals surface area contributed by atoms with Crippen LogP contribution in [-0.4, -0.2) is 8.80 Å². The smallest absolute Gasteiger partial charge is 0.136 e. The number of benzene rings is 1. The highest BCUT2D eigenvalue weighted by Crippen LogP contribution is 2.39. The van der Waals surface area contributed by atoms with Gasteiger partial charge in [-0.2, -0.15) is 0 Å². The minimum Gasteiger partial charge on any atom is -0.206 e. The van der Waals surface area contributed by atoms with Gasteiger partial charge in [-0.15, -0.1) is 0 Å². The molecule has 1 heterocycles.